The fourth-order valence-electron chi connectivity index (χ4n) is 2.02. The largest absolute Gasteiger partial charge is 0.469 e. The predicted molar refractivity (Wildman–Crippen MR) is 76.9 cm³/mol. The molecule has 4 nitrogen and oxygen atoms in total. The van der Waals surface area contributed by atoms with Crippen LogP contribution in [0.4, 0.5) is 0 Å². The van der Waals surface area contributed by atoms with Crippen molar-refractivity contribution in [1.29, 1.82) is 0 Å². The lowest BCUT2D eigenvalue weighted by Gasteiger charge is -2.34. The van der Waals surface area contributed by atoms with Gasteiger partial charge < -0.3 is 4.74 Å². The number of Topliss-reactive ketones (excluding diaryl/α,β-unsaturated/α-hetero) is 1. The highest BCUT2D eigenvalue weighted by Gasteiger charge is 2.31. The van der Waals surface area contributed by atoms with Crippen LogP contribution in [0.2, 0.25) is 0 Å². The van der Waals surface area contributed by atoms with Gasteiger partial charge in [0.1, 0.15) is 0 Å². The van der Waals surface area contributed by atoms with E-state index in [0.717, 1.165) is 13.0 Å². The van der Waals surface area contributed by atoms with E-state index in [9.17, 15) is 9.59 Å². The summed E-state index contributed by atoms with van der Waals surface area (Å²) in [5, 5.41) is 0. The highest BCUT2D eigenvalue weighted by molar-refractivity contribution is 5.89. The molecule has 0 unspecified atom stereocenters. The van der Waals surface area contributed by atoms with Crippen molar-refractivity contribution >= 4 is 11.8 Å². The lowest BCUT2D eigenvalue weighted by Crippen LogP contribution is -2.48. The van der Waals surface area contributed by atoms with Crippen LogP contribution >= 0.6 is 0 Å². The molecule has 0 N–H and O–H groups in total. The van der Waals surface area contributed by atoms with Crippen LogP contribution < -0.4 is 0 Å². The van der Waals surface area contributed by atoms with Crippen LogP contribution in [-0.2, 0) is 14.3 Å². The molecule has 110 valence electrons. The Bertz CT molecular complexity index is 311. The average Bonchev–Trinajstić information content (AvgIpc) is 2.35. The molecule has 1 atom stereocenters. The van der Waals surface area contributed by atoms with E-state index in [0.29, 0.717) is 0 Å². The zero-order valence-electron chi connectivity index (χ0n) is 12.8. The summed E-state index contributed by atoms with van der Waals surface area (Å²) in [5.41, 5.74) is 0. The average molecular weight is 269 g/mol. The van der Waals surface area contributed by atoms with Gasteiger partial charge in [-0.25, -0.2) is 0 Å². The molecule has 0 saturated heterocycles. The van der Waals surface area contributed by atoms with Crippen LogP contribution in [0.5, 0.6) is 0 Å². The molecule has 0 aromatic rings. The number of methoxy groups -OCH3 is 1. The van der Waals surface area contributed by atoms with Gasteiger partial charge in [-0.05, 0) is 20.3 Å². The number of carbonyl (C=O) groups excluding carboxylic acids is 2. The van der Waals surface area contributed by atoms with Crippen molar-refractivity contribution in [2.75, 3.05) is 13.7 Å². The van der Waals surface area contributed by atoms with Crippen molar-refractivity contribution in [2.45, 2.75) is 52.6 Å². The van der Waals surface area contributed by atoms with E-state index in [4.69, 9.17) is 4.74 Å². The lowest BCUT2D eigenvalue weighted by atomic mass is 9.96. The molecule has 0 saturated carbocycles. The molecule has 0 aliphatic heterocycles. The quantitative estimate of drug-likeness (QED) is 0.476. The Morgan fingerprint density at radius 2 is 1.84 bits per heavy atom. The van der Waals surface area contributed by atoms with Crippen molar-refractivity contribution in [3.05, 3.63) is 12.7 Å². The molecule has 0 spiro atoms. The first-order valence-corrected chi connectivity index (χ1v) is 6.82. The van der Waals surface area contributed by atoms with Crippen LogP contribution in [0, 0.1) is 5.92 Å². The third kappa shape index (κ3) is 6.01. The highest BCUT2D eigenvalue weighted by Crippen LogP contribution is 2.16. The second kappa shape index (κ2) is 8.86. The molecule has 0 radical (unpaired) electrons. The van der Waals surface area contributed by atoms with Crippen LogP contribution in [0.1, 0.15) is 40.5 Å². The molecule has 0 amide bonds. The Balaban J connectivity index is 5.08. The Kier molecular flexibility index (Phi) is 8.32. The van der Waals surface area contributed by atoms with Gasteiger partial charge in [0, 0.05) is 18.5 Å². The number of hydrogen-bond acceptors (Lipinski definition) is 4. The summed E-state index contributed by atoms with van der Waals surface area (Å²) in [6, 6.07) is -0.218. The number of nitrogens with zero attached hydrogens (tertiary/aromatic N) is 1. The number of esters is 1. The maximum absolute atomic E-state index is 12.3. The van der Waals surface area contributed by atoms with E-state index in [-0.39, 0.29) is 30.1 Å². The molecule has 4 heteroatoms. The highest BCUT2D eigenvalue weighted by atomic mass is 16.5. The van der Waals surface area contributed by atoms with E-state index in [1.54, 1.807) is 0 Å². The van der Waals surface area contributed by atoms with Crippen molar-refractivity contribution in [3.8, 4) is 0 Å². The molecule has 19 heavy (non-hydrogen) atoms. The summed E-state index contributed by atoms with van der Waals surface area (Å²) in [7, 11) is 1.35. The van der Waals surface area contributed by atoms with Gasteiger partial charge in [0.15, 0.2) is 5.78 Å². The first-order chi connectivity index (χ1) is 8.84. The Hall–Kier alpha value is -1.16. The zero-order valence-corrected chi connectivity index (χ0v) is 12.8. The third-order valence-electron chi connectivity index (χ3n) is 3.14. The first kappa shape index (κ1) is 17.8. The summed E-state index contributed by atoms with van der Waals surface area (Å²) in [6.45, 7) is 12.2. The Morgan fingerprint density at radius 1 is 1.26 bits per heavy atom. The molecule has 0 aliphatic carbocycles. The summed E-state index contributed by atoms with van der Waals surface area (Å²) in [6.07, 6.45) is 2.73. The number of ketones is 1. The Morgan fingerprint density at radius 3 is 2.21 bits per heavy atom. The lowest BCUT2D eigenvalue weighted by molar-refractivity contribution is -0.145. The molecule has 0 aromatic heterocycles. The monoisotopic (exact) mass is 269 g/mol. The standard InChI is InChI=1S/C15H27NO3/c1-7-8-9-16(12(4)5)13(10-14(17)19-6)15(18)11(2)3/h7,11-13H,1,8-10H2,2-6H3/t13-/m0/s1. The minimum atomic E-state index is -0.410. The van der Waals surface area contributed by atoms with Crippen LogP contribution in [-0.4, -0.2) is 42.4 Å². The van der Waals surface area contributed by atoms with Gasteiger partial charge in [-0.15, -0.1) is 6.58 Å². The Labute approximate surface area is 116 Å². The number of rotatable bonds is 9. The van der Waals surface area contributed by atoms with Gasteiger partial charge in [0.25, 0.3) is 0 Å². The summed E-state index contributed by atoms with van der Waals surface area (Å²) in [4.78, 5) is 25.9. The topological polar surface area (TPSA) is 46.6 Å². The summed E-state index contributed by atoms with van der Waals surface area (Å²) < 4.78 is 4.71. The van der Waals surface area contributed by atoms with Gasteiger partial charge >= 0.3 is 5.97 Å². The van der Waals surface area contributed by atoms with E-state index < -0.39 is 6.04 Å². The van der Waals surface area contributed by atoms with Gasteiger partial charge in [-0.3, -0.25) is 14.5 Å². The number of hydrogen-bond donors (Lipinski definition) is 0. The van der Waals surface area contributed by atoms with Crippen molar-refractivity contribution < 1.29 is 14.3 Å². The van der Waals surface area contributed by atoms with Crippen LogP contribution in [0.3, 0.4) is 0 Å². The number of ether oxygens (including phenoxy) is 1. The van der Waals surface area contributed by atoms with Crippen LogP contribution in [0.25, 0.3) is 0 Å². The maximum atomic E-state index is 12.3. The molecular weight excluding hydrogens is 242 g/mol. The van der Waals surface area contributed by atoms with E-state index in [1.165, 1.54) is 7.11 Å². The van der Waals surface area contributed by atoms with Crippen molar-refractivity contribution in [3.63, 3.8) is 0 Å². The smallest absolute Gasteiger partial charge is 0.307 e. The van der Waals surface area contributed by atoms with Gasteiger partial charge in [0.2, 0.25) is 0 Å². The SMILES string of the molecule is C=CCCN(C(C)C)[C@@H](CC(=O)OC)C(=O)C(C)C. The molecule has 0 aromatic carbocycles. The predicted octanol–water partition coefficient (Wildman–Crippen LogP) is 2.43. The molecule has 0 aliphatic rings. The van der Waals surface area contributed by atoms with Crippen molar-refractivity contribution in [2.24, 2.45) is 5.92 Å². The van der Waals surface area contributed by atoms with Gasteiger partial charge in [-0.2, -0.15) is 0 Å². The maximum Gasteiger partial charge on any atom is 0.307 e. The summed E-state index contributed by atoms with van der Waals surface area (Å²) >= 11 is 0. The molecular formula is C15H27NO3. The normalized spacial score (nSPS) is 12.8. The fourth-order valence-corrected chi connectivity index (χ4v) is 2.02. The molecule has 0 heterocycles. The zero-order chi connectivity index (χ0) is 15.0. The second-order valence-electron chi connectivity index (χ2n) is 5.26. The molecule has 0 rings (SSSR count). The fraction of sp³-hybridized carbons (Fsp3) is 0.733. The first-order valence-electron chi connectivity index (χ1n) is 6.82. The third-order valence-corrected chi connectivity index (χ3v) is 3.14. The molecule has 0 fully saturated rings. The molecule has 0 bridgehead atoms. The minimum absolute atomic E-state index is 0.0863. The second-order valence-corrected chi connectivity index (χ2v) is 5.26. The summed E-state index contributed by atoms with van der Waals surface area (Å²) in [5.74, 6) is -0.356. The van der Waals surface area contributed by atoms with E-state index in [1.807, 2.05) is 33.8 Å². The van der Waals surface area contributed by atoms with E-state index in [2.05, 4.69) is 11.5 Å². The van der Waals surface area contributed by atoms with Crippen LogP contribution in [0.15, 0.2) is 12.7 Å². The van der Waals surface area contributed by atoms with Gasteiger partial charge in [0.05, 0.1) is 19.6 Å². The van der Waals surface area contributed by atoms with E-state index >= 15 is 0 Å². The minimum Gasteiger partial charge on any atom is -0.469 e. The van der Waals surface area contributed by atoms with Gasteiger partial charge in [-0.1, -0.05) is 19.9 Å². The number of carbonyl (C=O) groups is 2. The van der Waals surface area contributed by atoms with Crippen molar-refractivity contribution in [1.82, 2.24) is 4.90 Å².